The molecule has 0 spiro atoms. The molecule has 0 aliphatic carbocycles. The molecule has 0 amide bonds. The largest absolute Gasteiger partial charge is 0.425 e. The molecule has 0 aromatic rings. The van der Waals surface area contributed by atoms with Gasteiger partial charge in [0.25, 0.3) is 6.29 Å². The predicted octanol–water partition coefficient (Wildman–Crippen LogP) is -0.188. The molecule has 0 radical (unpaired) electrons. The molecular formula is C10H12O6. The molecule has 6 nitrogen and oxygen atoms in total. The summed E-state index contributed by atoms with van der Waals surface area (Å²) in [4.78, 5) is 23.0. The average molecular weight is 228 g/mol. The molecule has 0 unspecified atom stereocenters. The molecule has 0 aromatic carbocycles. The van der Waals surface area contributed by atoms with E-state index < -0.39 is 24.0 Å². The van der Waals surface area contributed by atoms with Crippen LogP contribution in [-0.2, 0) is 28.5 Å². The Kier molecular flexibility index (Phi) is 1.99. The summed E-state index contributed by atoms with van der Waals surface area (Å²) >= 11 is 0. The molecule has 3 aliphatic heterocycles. The zero-order valence-electron chi connectivity index (χ0n) is 8.80. The van der Waals surface area contributed by atoms with Crippen LogP contribution in [0.4, 0.5) is 0 Å². The number of esters is 2. The van der Waals surface area contributed by atoms with Gasteiger partial charge in [0.2, 0.25) is 0 Å². The van der Waals surface area contributed by atoms with Gasteiger partial charge < -0.3 is 18.9 Å². The normalized spacial score (nSPS) is 43.3. The van der Waals surface area contributed by atoms with E-state index in [2.05, 4.69) is 0 Å². The number of ether oxygens (including phenoxy) is 4. The highest BCUT2D eigenvalue weighted by Gasteiger charge is 2.64. The fraction of sp³-hybridized carbons (Fsp3) is 0.800. The summed E-state index contributed by atoms with van der Waals surface area (Å²) < 4.78 is 20.7. The van der Waals surface area contributed by atoms with E-state index in [1.807, 2.05) is 0 Å². The van der Waals surface area contributed by atoms with Crippen molar-refractivity contribution in [3.63, 3.8) is 0 Å². The lowest BCUT2D eigenvalue weighted by atomic mass is 9.77. The quantitative estimate of drug-likeness (QED) is 0.579. The predicted molar refractivity (Wildman–Crippen MR) is 47.9 cm³/mol. The molecule has 6 heteroatoms. The van der Waals surface area contributed by atoms with Crippen LogP contribution in [0.2, 0.25) is 0 Å². The minimum Gasteiger partial charge on any atom is -0.425 e. The molecule has 3 fully saturated rings. The summed E-state index contributed by atoms with van der Waals surface area (Å²) in [6.45, 7) is 2.62. The number of hydrogen-bond acceptors (Lipinski definition) is 6. The van der Waals surface area contributed by atoms with E-state index in [9.17, 15) is 9.59 Å². The fourth-order valence-corrected chi connectivity index (χ4v) is 2.50. The third kappa shape index (κ3) is 1.14. The highest BCUT2D eigenvalue weighted by atomic mass is 16.7. The lowest BCUT2D eigenvalue weighted by Gasteiger charge is -2.28. The molecule has 0 saturated carbocycles. The maximum Gasteiger partial charge on any atom is 0.320 e. The van der Waals surface area contributed by atoms with Crippen molar-refractivity contribution in [3.05, 3.63) is 0 Å². The lowest BCUT2D eigenvalue weighted by Crippen LogP contribution is -2.42. The Bertz CT molecular complexity index is 347. The van der Waals surface area contributed by atoms with Gasteiger partial charge in [0.05, 0.1) is 25.6 Å². The minimum atomic E-state index is -0.937. The van der Waals surface area contributed by atoms with Crippen LogP contribution in [0.1, 0.15) is 13.3 Å². The molecular weight excluding hydrogens is 216 g/mol. The van der Waals surface area contributed by atoms with Crippen LogP contribution in [0.15, 0.2) is 0 Å². The number of carbonyl (C=O) groups is 2. The van der Waals surface area contributed by atoms with E-state index in [0.717, 1.165) is 0 Å². The maximum atomic E-state index is 11.8. The third-order valence-corrected chi connectivity index (χ3v) is 3.51. The number of fused-ring (bicyclic) bond motifs is 1. The van der Waals surface area contributed by atoms with Crippen LogP contribution in [0.25, 0.3) is 0 Å². The average Bonchev–Trinajstić information content (AvgIpc) is 2.89. The van der Waals surface area contributed by atoms with E-state index >= 15 is 0 Å². The SMILES string of the molecule is C[C@]1(C2OCCO2)C(=O)O[C@H]2OC(=O)C[C@H]21. The topological polar surface area (TPSA) is 71.1 Å². The summed E-state index contributed by atoms with van der Waals surface area (Å²) in [6, 6.07) is 0. The lowest BCUT2D eigenvalue weighted by molar-refractivity contribution is -0.179. The first-order valence-corrected chi connectivity index (χ1v) is 5.26. The molecule has 3 saturated heterocycles. The van der Waals surface area contributed by atoms with E-state index in [0.29, 0.717) is 13.2 Å². The molecule has 16 heavy (non-hydrogen) atoms. The van der Waals surface area contributed by atoms with Crippen LogP contribution >= 0.6 is 0 Å². The van der Waals surface area contributed by atoms with Crippen molar-refractivity contribution in [1.82, 2.24) is 0 Å². The Morgan fingerprint density at radius 2 is 1.88 bits per heavy atom. The van der Waals surface area contributed by atoms with Crippen molar-refractivity contribution in [2.24, 2.45) is 11.3 Å². The minimum absolute atomic E-state index is 0.177. The van der Waals surface area contributed by atoms with Gasteiger partial charge in [-0.05, 0) is 6.92 Å². The Morgan fingerprint density at radius 1 is 1.19 bits per heavy atom. The third-order valence-electron chi connectivity index (χ3n) is 3.51. The highest BCUT2D eigenvalue weighted by molar-refractivity contribution is 5.83. The van der Waals surface area contributed by atoms with Crippen LogP contribution in [0, 0.1) is 11.3 Å². The van der Waals surface area contributed by atoms with Crippen molar-refractivity contribution < 1.29 is 28.5 Å². The van der Waals surface area contributed by atoms with Gasteiger partial charge in [-0.3, -0.25) is 9.59 Å². The Hall–Kier alpha value is -1.14. The van der Waals surface area contributed by atoms with Gasteiger partial charge in [-0.15, -0.1) is 0 Å². The van der Waals surface area contributed by atoms with Crippen molar-refractivity contribution >= 4 is 11.9 Å². The number of hydrogen-bond donors (Lipinski definition) is 0. The summed E-state index contributed by atoms with van der Waals surface area (Å²) in [5, 5.41) is 0. The van der Waals surface area contributed by atoms with Crippen LogP contribution in [0.3, 0.4) is 0 Å². The van der Waals surface area contributed by atoms with Gasteiger partial charge in [-0.25, -0.2) is 0 Å². The van der Waals surface area contributed by atoms with Crippen molar-refractivity contribution in [1.29, 1.82) is 0 Å². The van der Waals surface area contributed by atoms with E-state index in [4.69, 9.17) is 18.9 Å². The van der Waals surface area contributed by atoms with Crippen molar-refractivity contribution in [2.75, 3.05) is 13.2 Å². The van der Waals surface area contributed by atoms with Gasteiger partial charge in [0.15, 0.2) is 6.29 Å². The van der Waals surface area contributed by atoms with Crippen LogP contribution < -0.4 is 0 Å². The molecule has 0 aromatic heterocycles. The van der Waals surface area contributed by atoms with Gasteiger partial charge >= 0.3 is 11.9 Å². The monoisotopic (exact) mass is 228 g/mol. The zero-order chi connectivity index (χ0) is 11.3. The Morgan fingerprint density at radius 3 is 2.56 bits per heavy atom. The van der Waals surface area contributed by atoms with Gasteiger partial charge in [-0.1, -0.05) is 0 Å². The van der Waals surface area contributed by atoms with Gasteiger partial charge in [0.1, 0.15) is 5.41 Å². The standard InChI is InChI=1S/C10H12O6/c1-10(9-13-2-3-14-9)5-4-6(11)15-7(5)16-8(10)12/h5,7,9H,2-4H2,1H3/t5-,7-,10-/m1/s1. The second kappa shape index (κ2) is 3.18. The van der Waals surface area contributed by atoms with Crippen LogP contribution in [0.5, 0.6) is 0 Å². The van der Waals surface area contributed by atoms with Gasteiger partial charge in [0, 0.05) is 0 Å². The van der Waals surface area contributed by atoms with Gasteiger partial charge in [-0.2, -0.15) is 0 Å². The Balaban J connectivity index is 1.92. The Labute approximate surface area is 91.8 Å². The molecule has 3 atom stereocenters. The van der Waals surface area contributed by atoms with E-state index in [1.54, 1.807) is 6.92 Å². The number of rotatable bonds is 1. The summed E-state index contributed by atoms with van der Waals surface area (Å²) in [7, 11) is 0. The number of carbonyl (C=O) groups excluding carboxylic acids is 2. The molecule has 3 rings (SSSR count). The van der Waals surface area contributed by atoms with E-state index in [-0.39, 0.29) is 18.3 Å². The first-order chi connectivity index (χ1) is 7.62. The molecule has 3 aliphatic rings. The molecule has 88 valence electrons. The van der Waals surface area contributed by atoms with Crippen molar-refractivity contribution in [3.8, 4) is 0 Å². The fourth-order valence-electron chi connectivity index (χ4n) is 2.50. The molecule has 0 bridgehead atoms. The molecule has 0 N–H and O–H groups in total. The second-order valence-electron chi connectivity index (χ2n) is 4.43. The highest BCUT2D eigenvalue weighted by Crippen LogP contribution is 2.49. The summed E-state index contributed by atoms with van der Waals surface area (Å²) in [6.07, 6.45) is -1.22. The smallest absolute Gasteiger partial charge is 0.320 e. The molecule has 3 heterocycles. The second-order valence-corrected chi connectivity index (χ2v) is 4.43. The van der Waals surface area contributed by atoms with E-state index in [1.165, 1.54) is 0 Å². The van der Waals surface area contributed by atoms with Crippen LogP contribution in [-0.4, -0.2) is 37.7 Å². The maximum absolute atomic E-state index is 11.8. The first kappa shape index (κ1) is 10.0. The first-order valence-electron chi connectivity index (χ1n) is 5.26. The summed E-state index contributed by atoms with van der Waals surface area (Å²) in [5.41, 5.74) is -0.937. The zero-order valence-corrected chi connectivity index (χ0v) is 8.80. The summed E-state index contributed by atoms with van der Waals surface area (Å²) in [5.74, 6) is -1.07. The van der Waals surface area contributed by atoms with Crippen molar-refractivity contribution in [2.45, 2.75) is 25.9 Å².